The van der Waals surface area contributed by atoms with Crippen molar-refractivity contribution in [2.24, 2.45) is 0 Å². The number of hydrogen-bond acceptors (Lipinski definition) is 0. The lowest BCUT2D eigenvalue weighted by atomic mass is 10.1. The van der Waals surface area contributed by atoms with Crippen LogP contribution in [-0.4, -0.2) is 25.0 Å². The van der Waals surface area contributed by atoms with Crippen molar-refractivity contribution in [1.82, 2.24) is 0 Å². The first kappa shape index (κ1) is 34.1. The minimum absolute atomic E-state index is 0.815. The first-order chi connectivity index (χ1) is 10.8. The zero-order valence-corrected chi connectivity index (χ0v) is 37.8. The van der Waals surface area contributed by atoms with Crippen LogP contribution in [0.1, 0.15) is 0 Å². The molecule has 0 unspecified atom stereocenters. The molecule has 0 bridgehead atoms. The molecule has 157 valence electrons. The van der Waals surface area contributed by atoms with Crippen LogP contribution < -0.4 is 0 Å². The Balaban J connectivity index is 6.61. The van der Waals surface area contributed by atoms with E-state index >= 15 is 0 Å². The summed E-state index contributed by atoms with van der Waals surface area (Å²) in [7, 11) is 0. The van der Waals surface area contributed by atoms with Gasteiger partial charge in [0.1, 0.15) is 16.2 Å². The minimum Gasteiger partial charge on any atom is -0.202 e. The van der Waals surface area contributed by atoms with Crippen LogP contribution in [0.5, 0.6) is 0 Å². The Morgan fingerprint density at radius 3 is 0.692 bits per heavy atom. The van der Waals surface area contributed by atoms with Gasteiger partial charge >= 0.3 is 0 Å². The van der Waals surface area contributed by atoms with Gasteiger partial charge in [-0.15, -0.1) is 0 Å². The van der Waals surface area contributed by atoms with Crippen molar-refractivity contribution >= 4 is 271 Å². The standard InChI is InChI=1S/C8Br17O/c9-1(10,3(13,14)5(17,18)7(21,22)23)2(11,12)4(15,16)6(19,20)8(24,25)26. The number of halogens is 17. The first-order valence-electron chi connectivity index (χ1n) is 5.17. The molecule has 0 aromatic rings. The van der Waals surface area contributed by atoms with Crippen LogP contribution in [0.4, 0.5) is 0 Å². The molecule has 0 aromatic heterocycles. The quantitative estimate of drug-likeness (QED) is 0.236. The molecular formula is C8Br17O. The third-order valence-electron chi connectivity index (χ3n) is 2.69. The van der Waals surface area contributed by atoms with E-state index in [9.17, 15) is 5.11 Å². The average Bonchev–Trinajstić information content (AvgIpc) is 2.34. The van der Waals surface area contributed by atoms with Crippen molar-refractivity contribution in [2.45, 2.75) is 25.0 Å². The molecule has 0 aliphatic rings. The topological polar surface area (TPSA) is 19.9 Å². The van der Waals surface area contributed by atoms with Gasteiger partial charge in [0.2, 0.25) is 3.42 Å². The lowest BCUT2D eigenvalue weighted by Gasteiger charge is -2.56. The number of hydrogen-bond donors (Lipinski definition) is 0. The summed E-state index contributed by atoms with van der Waals surface area (Å²) in [5.74, 6) is 0. The molecule has 18 heteroatoms. The maximum Gasteiger partial charge on any atom is 0.239 e. The molecule has 0 rings (SSSR count). The lowest BCUT2D eigenvalue weighted by Crippen LogP contribution is -2.67. The van der Waals surface area contributed by atoms with Gasteiger partial charge in [0.15, 0.2) is 5.38 Å². The van der Waals surface area contributed by atoms with Crippen LogP contribution in [0.25, 0.3) is 0 Å². The van der Waals surface area contributed by atoms with E-state index in [4.69, 9.17) is 0 Å². The molecule has 0 heterocycles. The maximum absolute atomic E-state index is 12.7. The van der Waals surface area contributed by atoms with Gasteiger partial charge < -0.3 is 0 Å². The summed E-state index contributed by atoms with van der Waals surface area (Å²) in [6.45, 7) is 0. The van der Waals surface area contributed by atoms with E-state index in [1.807, 2.05) is 0 Å². The molecule has 0 atom stereocenters. The molecule has 1 nitrogen and oxygen atoms in total. The fourth-order valence-electron chi connectivity index (χ4n) is 1.15. The van der Waals surface area contributed by atoms with Gasteiger partial charge in [0.25, 0.3) is 0 Å². The van der Waals surface area contributed by atoms with Crippen molar-refractivity contribution in [3.8, 4) is 0 Å². The van der Waals surface area contributed by atoms with E-state index in [0.717, 1.165) is 0 Å². The average molecular weight is 1470 g/mol. The Hall–Kier alpha value is 8.12. The highest BCUT2D eigenvalue weighted by atomic mass is 80.0. The molecule has 0 fully saturated rings. The van der Waals surface area contributed by atoms with E-state index < -0.39 is 25.0 Å². The normalized spacial score (nSPS) is 16.8. The molecule has 0 aliphatic carbocycles. The van der Waals surface area contributed by atoms with Crippen molar-refractivity contribution < 1.29 is 5.11 Å². The SMILES string of the molecule is [O]C(Br)(Br)C(Br)(Br)C(Br)(Br)C(Br)(Br)C(Br)(Br)C(Br)(Br)C(Br)(Br)C(Br)(Br)Br. The Morgan fingerprint density at radius 2 is 0.500 bits per heavy atom. The third-order valence-corrected chi connectivity index (χ3v) is 35.8. The van der Waals surface area contributed by atoms with Crippen LogP contribution >= 0.6 is 271 Å². The summed E-state index contributed by atoms with van der Waals surface area (Å²) in [5.41, 5.74) is 0. The van der Waals surface area contributed by atoms with Crippen LogP contribution in [0.15, 0.2) is 0 Å². The second-order valence-electron chi connectivity index (χ2n) is 4.46. The fourth-order valence-corrected chi connectivity index (χ4v) is 15.5. The van der Waals surface area contributed by atoms with E-state index in [2.05, 4.69) is 271 Å². The highest BCUT2D eigenvalue weighted by molar-refractivity contribution is 9.42. The van der Waals surface area contributed by atoms with E-state index in [1.54, 1.807) is 0 Å². The summed E-state index contributed by atoms with van der Waals surface area (Å²) in [4.78, 5) is 0. The van der Waals surface area contributed by atoms with Gasteiger partial charge in [-0.3, -0.25) is 0 Å². The fraction of sp³-hybridized carbons (Fsp3) is 1.00. The Morgan fingerprint density at radius 1 is 0.308 bits per heavy atom. The molecule has 0 spiro atoms. The van der Waals surface area contributed by atoms with Crippen LogP contribution in [-0.2, 0) is 5.11 Å². The molecular weight excluding hydrogens is 1470 g/mol. The van der Waals surface area contributed by atoms with Gasteiger partial charge in [0, 0.05) is 0 Å². The lowest BCUT2D eigenvalue weighted by molar-refractivity contribution is 0.137. The molecule has 0 aliphatic heterocycles. The molecule has 0 amide bonds. The summed E-state index contributed by atoms with van der Waals surface area (Å²) in [6.07, 6.45) is 0. The third kappa shape index (κ3) is 6.15. The second kappa shape index (κ2) is 10.8. The van der Waals surface area contributed by atoms with Crippen molar-refractivity contribution in [3.63, 3.8) is 0 Å². The zero-order chi connectivity index (χ0) is 22.0. The van der Waals surface area contributed by atoms with Gasteiger partial charge in [0.05, 0.1) is 0 Å². The van der Waals surface area contributed by atoms with Crippen molar-refractivity contribution in [1.29, 1.82) is 0 Å². The minimum atomic E-state index is -1.83. The van der Waals surface area contributed by atoms with E-state index in [-0.39, 0.29) is 0 Å². The van der Waals surface area contributed by atoms with E-state index in [0.29, 0.717) is 0 Å². The monoisotopic (exact) mass is 1450 g/mol. The summed E-state index contributed by atoms with van der Waals surface area (Å²) in [5, 5.41) is 12.7. The van der Waals surface area contributed by atoms with Gasteiger partial charge in [-0.1, -0.05) is 239 Å². The second-order valence-corrected chi connectivity index (χ2v) is 35.2. The summed E-state index contributed by atoms with van der Waals surface area (Å²) in [6, 6.07) is 0. The summed E-state index contributed by atoms with van der Waals surface area (Å²) >= 11 is 60.4. The Labute approximate surface area is 294 Å². The van der Waals surface area contributed by atoms with Crippen LogP contribution in [0, 0.1) is 0 Å². The van der Waals surface area contributed by atoms with Gasteiger partial charge in [-0.25, -0.2) is 5.11 Å². The predicted molar refractivity (Wildman–Crippen MR) is 174 cm³/mol. The zero-order valence-electron chi connectivity index (χ0n) is 10.8. The largest absolute Gasteiger partial charge is 0.239 e. The molecule has 26 heavy (non-hydrogen) atoms. The molecule has 0 N–H and O–H groups in total. The highest BCUT2D eigenvalue weighted by Gasteiger charge is 2.77. The highest BCUT2D eigenvalue weighted by Crippen LogP contribution is 2.77. The molecule has 0 saturated carbocycles. The molecule has 0 saturated heterocycles. The molecule has 1 radical (unpaired) electrons. The van der Waals surface area contributed by atoms with Crippen LogP contribution in [0.3, 0.4) is 0 Å². The van der Waals surface area contributed by atoms with Crippen LogP contribution in [0.2, 0.25) is 0 Å². The Kier molecular flexibility index (Phi) is 14.2. The van der Waals surface area contributed by atoms with Gasteiger partial charge in [-0.2, -0.15) is 0 Å². The Bertz CT molecular complexity index is 474. The van der Waals surface area contributed by atoms with E-state index in [1.165, 1.54) is 0 Å². The molecule has 0 aromatic carbocycles. The van der Waals surface area contributed by atoms with Crippen molar-refractivity contribution in [3.05, 3.63) is 0 Å². The first-order valence-corrected chi connectivity index (χ1v) is 18.6. The smallest absolute Gasteiger partial charge is 0.202 e. The number of alkyl halides is 17. The number of rotatable bonds is 6. The predicted octanol–water partition coefficient (Wildman–Crippen LogP) is 12.6. The maximum atomic E-state index is 12.7. The van der Waals surface area contributed by atoms with Gasteiger partial charge in [-0.05, 0) is 31.9 Å². The van der Waals surface area contributed by atoms with Crippen molar-refractivity contribution in [2.75, 3.05) is 0 Å². The summed E-state index contributed by atoms with van der Waals surface area (Å²) < 4.78 is -9.33.